The molecule has 0 saturated heterocycles. The highest BCUT2D eigenvalue weighted by atomic mass is 79.9. The first-order chi connectivity index (χ1) is 16.5. The number of halogens is 1. The Labute approximate surface area is 205 Å². The molecular formula is C27H22BrN3O3. The van der Waals surface area contributed by atoms with Crippen LogP contribution in [0.15, 0.2) is 71.2 Å². The predicted molar refractivity (Wildman–Crippen MR) is 135 cm³/mol. The lowest BCUT2D eigenvalue weighted by Gasteiger charge is -2.21. The van der Waals surface area contributed by atoms with Gasteiger partial charge in [-0.3, -0.25) is 4.79 Å². The number of aromatic nitrogens is 2. The average molecular weight is 516 g/mol. The van der Waals surface area contributed by atoms with Gasteiger partial charge in [0.05, 0.1) is 24.9 Å². The summed E-state index contributed by atoms with van der Waals surface area (Å²) in [6.07, 6.45) is 1.76. The van der Waals surface area contributed by atoms with Crippen LogP contribution >= 0.6 is 15.9 Å². The Morgan fingerprint density at radius 1 is 1.00 bits per heavy atom. The van der Waals surface area contributed by atoms with Crippen LogP contribution in [0.4, 0.5) is 5.82 Å². The minimum Gasteiger partial charge on any atom is -0.508 e. The van der Waals surface area contributed by atoms with Crippen molar-refractivity contribution in [1.82, 2.24) is 9.97 Å². The van der Waals surface area contributed by atoms with Crippen LogP contribution in [-0.2, 0) is 24.1 Å². The average Bonchev–Trinajstić information content (AvgIpc) is 2.85. The molecule has 0 unspecified atom stereocenters. The summed E-state index contributed by atoms with van der Waals surface area (Å²) < 4.78 is 6.34. The van der Waals surface area contributed by atoms with Gasteiger partial charge in [-0.15, -0.1) is 0 Å². The number of fused-ring (bicyclic) bond motifs is 3. The maximum atomic E-state index is 12.9. The lowest BCUT2D eigenvalue weighted by Crippen LogP contribution is -2.18. The number of methoxy groups -OCH3 is 1. The Morgan fingerprint density at radius 2 is 1.76 bits per heavy atom. The molecule has 1 aromatic heterocycles. The van der Waals surface area contributed by atoms with E-state index in [1.165, 1.54) is 0 Å². The molecule has 0 saturated carbocycles. The molecule has 1 aliphatic carbocycles. The SMILES string of the molecule is COc1ccc2c(c1)CCc1nc(NC(=O)Cc3ccc(Br)cc3)c(-c3ccc(O)cc3)nc1-2. The number of nitrogens with zero attached hydrogens (tertiary/aromatic N) is 2. The fourth-order valence-electron chi connectivity index (χ4n) is 4.12. The summed E-state index contributed by atoms with van der Waals surface area (Å²) in [6.45, 7) is 0. The van der Waals surface area contributed by atoms with E-state index < -0.39 is 0 Å². The summed E-state index contributed by atoms with van der Waals surface area (Å²) in [6, 6.07) is 20.4. The van der Waals surface area contributed by atoms with E-state index in [1.54, 1.807) is 31.4 Å². The molecule has 4 aromatic rings. The topological polar surface area (TPSA) is 84.3 Å². The third-order valence-electron chi connectivity index (χ3n) is 5.84. The minimum atomic E-state index is -0.169. The van der Waals surface area contributed by atoms with Gasteiger partial charge in [0.1, 0.15) is 17.2 Å². The first kappa shape index (κ1) is 22.1. The largest absolute Gasteiger partial charge is 0.508 e. The van der Waals surface area contributed by atoms with E-state index >= 15 is 0 Å². The van der Waals surface area contributed by atoms with Gasteiger partial charge in [0.15, 0.2) is 5.82 Å². The van der Waals surface area contributed by atoms with Crippen molar-refractivity contribution >= 4 is 27.7 Å². The van der Waals surface area contributed by atoms with Crippen LogP contribution < -0.4 is 10.1 Å². The second-order valence-electron chi connectivity index (χ2n) is 8.14. The van der Waals surface area contributed by atoms with E-state index in [0.717, 1.165) is 50.3 Å². The number of aryl methyl sites for hydroxylation is 2. The number of anilines is 1. The minimum absolute atomic E-state index is 0.160. The molecule has 0 radical (unpaired) electrons. The zero-order valence-electron chi connectivity index (χ0n) is 18.5. The molecule has 0 aliphatic heterocycles. The van der Waals surface area contributed by atoms with Gasteiger partial charge in [0, 0.05) is 15.6 Å². The Bertz CT molecular complexity index is 1370. The van der Waals surface area contributed by atoms with Gasteiger partial charge in [0.25, 0.3) is 0 Å². The highest BCUT2D eigenvalue weighted by Gasteiger charge is 2.23. The third-order valence-corrected chi connectivity index (χ3v) is 6.37. The molecule has 34 heavy (non-hydrogen) atoms. The fraction of sp³-hybridized carbons (Fsp3) is 0.148. The van der Waals surface area contributed by atoms with Gasteiger partial charge >= 0.3 is 0 Å². The quantitative estimate of drug-likeness (QED) is 0.363. The molecule has 1 heterocycles. The van der Waals surface area contributed by atoms with E-state index in [-0.39, 0.29) is 18.1 Å². The predicted octanol–water partition coefficient (Wildman–Crippen LogP) is 5.57. The fourth-order valence-corrected chi connectivity index (χ4v) is 4.38. The Hall–Kier alpha value is -3.71. The molecule has 170 valence electrons. The van der Waals surface area contributed by atoms with Gasteiger partial charge in [-0.05, 0) is 78.6 Å². The molecule has 2 N–H and O–H groups in total. The van der Waals surface area contributed by atoms with E-state index in [4.69, 9.17) is 14.7 Å². The number of benzene rings is 3. The zero-order valence-corrected chi connectivity index (χ0v) is 20.1. The molecule has 7 heteroatoms. The molecule has 1 amide bonds. The zero-order chi connectivity index (χ0) is 23.7. The van der Waals surface area contributed by atoms with Crippen molar-refractivity contribution in [3.8, 4) is 34.0 Å². The van der Waals surface area contributed by atoms with Gasteiger partial charge in [-0.1, -0.05) is 28.1 Å². The molecule has 0 spiro atoms. The number of hydrogen-bond donors (Lipinski definition) is 2. The van der Waals surface area contributed by atoms with E-state index in [1.807, 2.05) is 42.5 Å². The Morgan fingerprint density at radius 3 is 2.50 bits per heavy atom. The lowest BCUT2D eigenvalue weighted by atomic mass is 9.91. The summed E-state index contributed by atoms with van der Waals surface area (Å²) in [5.41, 5.74) is 6.05. The summed E-state index contributed by atoms with van der Waals surface area (Å²) in [7, 11) is 1.66. The highest BCUT2D eigenvalue weighted by molar-refractivity contribution is 9.10. The van der Waals surface area contributed by atoms with E-state index in [2.05, 4.69) is 21.2 Å². The second kappa shape index (κ2) is 9.27. The molecular weight excluding hydrogens is 494 g/mol. The van der Waals surface area contributed by atoms with E-state index in [9.17, 15) is 9.90 Å². The van der Waals surface area contributed by atoms with Crippen LogP contribution in [0.2, 0.25) is 0 Å². The van der Waals surface area contributed by atoms with Crippen molar-refractivity contribution in [2.45, 2.75) is 19.3 Å². The van der Waals surface area contributed by atoms with E-state index in [0.29, 0.717) is 17.9 Å². The number of carbonyl (C=O) groups excluding carboxylic acids is 1. The number of phenolic OH excluding ortho intramolecular Hbond substituents is 1. The van der Waals surface area contributed by atoms with Crippen LogP contribution in [0, 0.1) is 0 Å². The van der Waals surface area contributed by atoms with Crippen molar-refractivity contribution in [3.05, 3.63) is 88.0 Å². The number of rotatable bonds is 5. The van der Waals surface area contributed by atoms with Gasteiger partial charge in [0.2, 0.25) is 5.91 Å². The molecule has 3 aromatic carbocycles. The maximum absolute atomic E-state index is 12.9. The number of carbonyl (C=O) groups is 1. The summed E-state index contributed by atoms with van der Waals surface area (Å²) in [5, 5.41) is 12.7. The van der Waals surface area contributed by atoms with Crippen molar-refractivity contribution in [1.29, 1.82) is 0 Å². The molecule has 6 nitrogen and oxygen atoms in total. The van der Waals surface area contributed by atoms with Crippen molar-refractivity contribution in [3.63, 3.8) is 0 Å². The number of aromatic hydroxyl groups is 1. The van der Waals surface area contributed by atoms with Crippen molar-refractivity contribution in [2.24, 2.45) is 0 Å². The number of phenols is 1. The van der Waals surface area contributed by atoms with Crippen LogP contribution in [0.3, 0.4) is 0 Å². The van der Waals surface area contributed by atoms with Gasteiger partial charge < -0.3 is 15.2 Å². The van der Waals surface area contributed by atoms with Crippen LogP contribution in [-0.4, -0.2) is 28.1 Å². The normalized spacial score (nSPS) is 11.9. The number of hydrogen-bond acceptors (Lipinski definition) is 5. The molecule has 0 atom stereocenters. The maximum Gasteiger partial charge on any atom is 0.230 e. The van der Waals surface area contributed by atoms with Crippen LogP contribution in [0.1, 0.15) is 16.8 Å². The summed E-state index contributed by atoms with van der Waals surface area (Å²) in [4.78, 5) is 22.7. The van der Waals surface area contributed by atoms with Crippen LogP contribution in [0.5, 0.6) is 11.5 Å². The number of ether oxygens (including phenoxy) is 1. The highest BCUT2D eigenvalue weighted by Crippen LogP contribution is 2.37. The molecule has 1 aliphatic rings. The number of nitrogens with one attached hydrogen (secondary N) is 1. The summed E-state index contributed by atoms with van der Waals surface area (Å²) >= 11 is 3.42. The van der Waals surface area contributed by atoms with Crippen molar-refractivity contribution in [2.75, 3.05) is 12.4 Å². The third kappa shape index (κ3) is 4.52. The molecule has 0 fully saturated rings. The Balaban J connectivity index is 1.55. The first-order valence-corrected chi connectivity index (χ1v) is 11.7. The molecule has 0 bridgehead atoms. The smallest absolute Gasteiger partial charge is 0.230 e. The van der Waals surface area contributed by atoms with Crippen LogP contribution in [0.25, 0.3) is 22.5 Å². The first-order valence-electron chi connectivity index (χ1n) is 10.9. The second-order valence-corrected chi connectivity index (χ2v) is 9.05. The standard InChI is InChI=1S/C27H22BrN3O3/c1-34-21-11-12-22-18(15-21)6-13-23-26(22)31-25(17-4-9-20(32)10-5-17)27(29-23)30-24(33)14-16-2-7-19(28)8-3-16/h2-5,7-12,15,32H,6,13-14H2,1H3,(H,29,30,33). The monoisotopic (exact) mass is 515 g/mol. The molecule has 5 rings (SSSR count). The van der Waals surface area contributed by atoms with Gasteiger partial charge in [-0.2, -0.15) is 0 Å². The Kier molecular flexibility index (Phi) is 6.02. The van der Waals surface area contributed by atoms with Gasteiger partial charge in [-0.25, -0.2) is 9.97 Å². The summed E-state index contributed by atoms with van der Waals surface area (Å²) in [5.74, 6) is 1.22. The lowest BCUT2D eigenvalue weighted by molar-refractivity contribution is -0.115. The number of amides is 1. The van der Waals surface area contributed by atoms with Crippen molar-refractivity contribution < 1.29 is 14.6 Å².